The maximum atomic E-state index is 6.78. The van der Waals surface area contributed by atoms with Gasteiger partial charge in [-0.2, -0.15) is 4.98 Å². The molecule has 2 atom stereocenters. The third-order valence-corrected chi connectivity index (χ3v) is 4.51. The van der Waals surface area contributed by atoms with E-state index < -0.39 is 5.54 Å². The quantitative estimate of drug-likeness (QED) is 0.933. The molecule has 0 amide bonds. The number of aryl methyl sites for hydroxylation is 1. The first-order valence-corrected chi connectivity index (χ1v) is 7.91. The summed E-state index contributed by atoms with van der Waals surface area (Å²) in [5, 5.41) is 4.19. The van der Waals surface area contributed by atoms with Crippen molar-refractivity contribution in [2.75, 3.05) is 0 Å². The molecule has 0 radical (unpaired) electrons. The van der Waals surface area contributed by atoms with Crippen LogP contribution in [-0.4, -0.2) is 10.1 Å². The van der Waals surface area contributed by atoms with Crippen LogP contribution in [0.2, 0.25) is 0 Å². The van der Waals surface area contributed by atoms with E-state index in [1.54, 1.807) is 0 Å². The molecule has 0 aliphatic heterocycles. The highest BCUT2D eigenvalue weighted by molar-refractivity contribution is 5.27. The summed E-state index contributed by atoms with van der Waals surface area (Å²) < 4.78 is 5.37. The second-order valence-electron chi connectivity index (χ2n) is 6.01. The molecule has 4 nitrogen and oxygen atoms in total. The maximum Gasteiger partial charge on any atom is 0.226 e. The van der Waals surface area contributed by atoms with Gasteiger partial charge < -0.3 is 10.3 Å². The zero-order valence-corrected chi connectivity index (χ0v) is 12.6. The lowest BCUT2D eigenvalue weighted by atomic mass is 9.70. The number of aromatic nitrogens is 2. The molecule has 0 bridgehead atoms. The van der Waals surface area contributed by atoms with E-state index in [2.05, 4.69) is 41.3 Å². The van der Waals surface area contributed by atoms with Gasteiger partial charge in [0.15, 0.2) is 5.82 Å². The second-order valence-corrected chi connectivity index (χ2v) is 6.01. The van der Waals surface area contributed by atoms with Crippen molar-refractivity contribution in [2.24, 2.45) is 5.73 Å². The van der Waals surface area contributed by atoms with E-state index in [4.69, 9.17) is 10.3 Å². The molecule has 1 aliphatic rings. The van der Waals surface area contributed by atoms with Gasteiger partial charge in [-0.05, 0) is 24.8 Å². The molecule has 1 aromatic carbocycles. The third-order valence-electron chi connectivity index (χ3n) is 4.51. The first-order chi connectivity index (χ1) is 10.2. The highest BCUT2D eigenvalue weighted by Gasteiger charge is 2.43. The Morgan fingerprint density at radius 1 is 1.29 bits per heavy atom. The normalized spacial score (nSPS) is 25.9. The van der Waals surface area contributed by atoms with Crippen LogP contribution in [0.4, 0.5) is 0 Å². The van der Waals surface area contributed by atoms with E-state index in [-0.39, 0.29) is 5.92 Å². The van der Waals surface area contributed by atoms with E-state index in [0.29, 0.717) is 11.7 Å². The third kappa shape index (κ3) is 2.72. The molecule has 112 valence electrons. The molecule has 1 aliphatic carbocycles. The predicted molar refractivity (Wildman–Crippen MR) is 81.8 cm³/mol. The van der Waals surface area contributed by atoms with Crippen LogP contribution in [0.5, 0.6) is 0 Å². The summed E-state index contributed by atoms with van der Waals surface area (Å²) in [4.78, 5) is 4.57. The van der Waals surface area contributed by atoms with Crippen LogP contribution >= 0.6 is 0 Å². The van der Waals surface area contributed by atoms with Crippen LogP contribution in [0.1, 0.15) is 62.2 Å². The van der Waals surface area contributed by atoms with Gasteiger partial charge in [0.2, 0.25) is 5.89 Å². The Balaban J connectivity index is 1.94. The minimum Gasteiger partial charge on any atom is -0.339 e. The van der Waals surface area contributed by atoms with Crippen molar-refractivity contribution in [3.63, 3.8) is 0 Å². The molecule has 2 N–H and O–H groups in total. The number of hydrogen-bond donors (Lipinski definition) is 1. The van der Waals surface area contributed by atoms with Gasteiger partial charge in [0.25, 0.3) is 0 Å². The second kappa shape index (κ2) is 5.98. The van der Waals surface area contributed by atoms with Crippen LogP contribution in [0.15, 0.2) is 34.9 Å². The van der Waals surface area contributed by atoms with Crippen molar-refractivity contribution >= 4 is 0 Å². The topological polar surface area (TPSA) is 64.9 Å². The summed E-state index contributed by atoms with van der Waals surface area (Å²) in [5.74, 6) is 1.65. The molecule has 1 fully saturated rings. The lowest BCUT2D eigenvalue weighted by Gasteiger charge is -2.39. The number of benzene rings is 1. The average molecular weight is 285 g/mol. The van der Waals surface area contributed by atoms with Crippen LogP contribution < -0.4 is 5.73 Å². The van der Waals surface area contributed by atoms with Gasteiger partial charge >= 0.3 is 0 Å². The fraction of sp³-hybridized carbons (Fsp3) is 0.529. The Labute approximate surface area is 125 Å². The van der Waals surface area contributed by atoms with Crippen molar-refractivity contribution in [2.45, 2.75) is 56.9 Å². The van der Waals surface area contributed by atoms with E-state index in [1.807, 2.05) is 6.07 Å². The van der Waals surface area contributed by atoms with Gasteiger partial charge in [0.1, 0.15) is 0 Å². The molecule has 2 unspecified atom stereocenters. The minimum absolute atomic E-state index is 0.263. The number of nitrogens with zero attached hydrogens (tertiary/aromatic N) is 2. The standard InChI is InChI=1S/C17H23N3O/c1-2-8-15-19-16(20-21-15)17(18)12-7-6-11-14(17)13-9-4-3-5-10-13/h3-5,9-10,14H,2,6-8,11-12,18H2,1H3. The molecule has 21 heavy (non-hydrogen) atoms. The molecule has 0 spiro atoms. The van der Waals surface area contributed by atoms with Gasteiger partial charge in [-0.15, -0.1) is 0 Å². The molecule has 0 saturated heterocycles. The first-order valence-electron chi connectivity index (χ1n) is 7.91. The number of hydrogen-bond acceptors (Lipinski definition) is 4. The van der Waals surface area contributed by atoms with Gasteiger partial charge in [-0.1, -0.05) is 55.3 Å². The van der Waals surface area contributed by atoms with Gasteiger partial charge in [0, 0.05) is 12.3 Å². The molecule has 2 aromatic rings. The highest BCUT2D eigenvalue weighted by Crippen LogP contribution is 2.44. The predicted octanol–water partition coefficient (Wildman–Crippen LogP) is 3.53. The summed E-state index contributed by atoms with van der Waals surface area (Å²) >= 11 is 0. The van der Waals surface area contributed by atoms with Crippen molar-refractivity contribution < 1.29 is 4.52 Å². The van der Waals surface area contributed by atoms with E-state index in [9.17, 15) is 0 Å². The Bertz CT molecular complexity index is 581. The lowest BCUT2D eigenvalue weighted by molar-refractivity contribution is 0.233. The fourth-order valence-electron chi connectivity index (χ4n) is 3.37. The molecule has 4 heteroatoms. The fourth-order valence-corrected chi connectivity index (χ4v) is 3.37. The average Bonchev–Trinajstić information content (AvgIpc) is 2.98. The largest absolute Gasteiger partial charge is 0.339 e. The van der Waals surface area contributed by atoms with E-state index >= 15 is 0 Å². The molecular formula is C17H23N3O. The first kappa shape index (κ1) is 14.3. The van der Waals surface area contributed by atoms with Gasteiger partial charge in [0.05, 0.1) is 5.54 Å². The summed E-state index contributed by atoms with van der Waals surface area (Å²) in [6.45, 7) is 2.11. The smallest absolute Gasteiger partial charge is 0.226 e. The lowest BCUT2D eigenvalue weighted by Crippen LogP contribution is -2.46. The van der Waals surface area contributed by atoms with Crippen molar-refractivity contribution in [3.8, 4) is 0 Å². The van der Waals surface area contributed by atoms with E-state index in [0.717, 1.165) is 32.1 Å². The number of rotatable bonds is 4. The molecule has 1 saturated carbocycles. The molecule has 1 heterocycles. The van der Waals surface area contributed by atoms with Crippen LogP contribution in [0.25, 0.3) is 0 Å². The van der Waals surface area contributed by atoms with Crippen molar-refractivity contribution in [1.82, 2.24) is 10.1 Å². The minimum atomic E-state index is -0.505. The van der Waals surface area contributed by atoms with Crippen LogP contribution in [-0.2, 0) is 12.0 Å². The van der Waals surface area contributed by atoms with Crippen LogP contribution in [0.3, 0.4) is 0 Å². The Hall–Kier alpha value is -1.68. The van der Waals surface area contributed by atoms with Crippen LogP contribution in [0, 0.1) is 0 Å². The number of nitrogens with two attached hydrogens (primary N) is 1. The monoisotopic (exact) mass is 285 g/mol. The Kier molecular flexibility index (Phi) is 4.06. The molecular weight excluding hydrogens is 262 g/mol. The van der Waals surface area contributed by atoms with Gasteiger partial charge in [-0.3, -0.25) is 0 Å². The molecule has 1 aromatic heterocycles. The van der Waals surface area contributed by atoms with Crippen molar-refractivity contribution in [1.29, 1.82) is 0 Å². The zero-order chi connectivity index (χ0) is 14.7. The summed E-state index contributed by atoms with van der Waals surface area (Å²) in [6.07, 6.45) is 6.14. The summed E-state index contributed by atoms with van der Waals surface area (Å²) in [5.41, 5.74) is 7.56. The Morgan fingerprint density at radius 2 is 2.10 bits per heavy atom. The Morgan fingerprint density at radius 3 is 2.86 bits per heavy atom. The van der Waals surface area contributed by atoms with Crippen molar-refractivity contribution in [3.05, 3.63) is 47.6 Å². The summed E-state index contributed by atoms with van der Waals surface area (Å²) in [7, 11) is 0. The van der Waals surface area contributed by atoms with E-state index in [1.165, 1.54) is 12.0 Å². The maximum absolute atomic E-state index is 6.78. The highest BCUT2D eigenvalue weighted by atomic mass is 16.5. The molecule has 3 rings (SSSR count). The summed E-state index contributed by atoms with van der Waals surface area (Å²) in [6, 6.07) is 10.5. The SMILES string of the molecule is CCCc1nc(C2(N)CCCCC2c2ccccc2)no1. The van der Waals surface area contributed by atoms with Gasteiger partial charge in [-0.25, -0.2) is 0 Å². The zero-order valence-electron chi connectivity index (χ0n) is 12.6.